The summed E-state index contributed by atoms with van der Waals surface area (Å²) in [5.74, 6) is 0.479. The molecule has 1 radical (unpaired) electrons. The number of nitrogens with zero attached hydrogens (tertiary/aromatic N) is 2. The molecule has 0 saturated heterocycles. The molecule has 0 aliphatic rings. The van der Waals surface area contributed by atoms with Gasteiger partial charge in [-0.05, 0) is 67.8 Å². The fraction of sp³-hybridized carbons (Fsp3) is 0.171. The SMILES string of the molecule is C[Si](C)(C)c1ccc(-c2[c-]cccc2)nc1.Cc1cnc(-c2[c-]ccc3c2sc2cc(-c4ccccc4)ccc23)cc1C(C)C.[Ir]. The van der Waals surface area contributed by atoms with Gasteiger partial charge in [0.2, 0.25) is 0 Å². The predicted molar refractivity (Wildman–Crippen MR) is 197 cm³/mol. The molecule has 3 aromatic heterocycles. The number of fused-ring (bicyclic) bond motifs is 3. The minimum absolute atomic E-state index is 0. The van der Waals surface area contributed by atoms with Crippen molar-refractivity contribution in [2.75, 3.05) is 0 Å². The van der Waals surface area contributed by atoms with Gasteiger partial charge in [-0.3, -0.25) is 0 Å². The molecule has 0 spiro atoms. The van der Waals surface area contributed by atoms with Gasteiger partial charge < -0.3 is 9.97 Å². The number of aromatic nitrogens is 2. The van der Waals surface area contributed by atoms with Crippen LogP contribution in [0.15, 0.2) is 116 Å². The molecular weight excluding hydrogens is 773 g/mol. The molecule has 0 aliphatic heterocycles. The summed E-state index contributed by atoms with van der Waals surface area (Å²) in [6.45, 7) is 13.6. The van der Waals surface area contributed by atoms with Crippen molar-refractivity contribution in [2.24, 2.45) is 0 Å². The van der Waals surface area contributed by atoms with Crippen molar-refractivity contribution in [3.8, 4) is 33.6 Å². The van der Waals surface area contributed by atoms with E-state index >= 15 is 0 Å². The molecule has 46 heavy (non-hydrogen) atoms. The first-order valence-corrected chi connectivity index (χ1v) is 19.8. The number of pyridine rings is 2. The number of rotatable bonds is 5. The van der Waals surface area contributed by atoms with Gasteiger partial charge in [-0.1, -0.05) is 99.5 Å². The second-order valence-electron chi connectivity index (χ2n) is 12.8. The Kier molecular flexibility index (Phi) is 10.5. The van der Waals surface area contributed by atoms with Gasteiger partial charge >= 0.3 is 0 Å². The molecule has 233 valence electrons. The number of hydrogen-bond acceptors (Lipinski definition) is 3. The van der Waals surface area contributed by atoms with Crippen molar-refractivity contribution >= 4 is 44.8 Å². The van der Waals surface area contributed by atoms with Crippen molar-refractivity contribution in [1.29, 1.82) is 0 Å². The van der Waals surface area contributed by atoms with E-state index in [1.165, 1.54) is 47.6 Å². The van der Waals surface area contributed by atoms with E-state index < -0.39 is 8.07 Å². The summed E-state index contributed by atoms with van der Waals surface area (Å²) < 4.78 is 2.57. The van der Waals surface area contributed by atoms with Crippen molar-refractivity contribution < 1.29 is 20.1 Å². The summed E-state index contributed by atoms with van der Waals surface area (Å²) in [6.07, 6.45) is 4.01. The maximum absolute atomic E-state index is 4.75. The van der Waals surface area contributed by atoms with Crippen LogP contribution in [0, 0.1) is 19.1 Å². The molecule has 5 heteroatoms. The Morgan fingerprint density at radius 2 is 1.46 bits per heavy atom. The predicted octanol–water partition coefficient (Wildman–Crippen LogP) is 11.1. The Hall–Kier alpha value is -3.73. The zero-order chi connectivity index (χ0) is 31.6. The Morgan fingerprint density at radius 3 is 2.13 bits per heavy atom. The van der Waals surface area contributed by atoms with Crippen LogP contribution in [-0.4, -0.2) is 18.0 Å². The van der Waals surface area contributed by atoms with E-state index in [9.17, 15) is 0 Å². The zero-order valence-electron chi connectivity index (χ0n) is 27.2. The normalized spacial score (nSPS) is 11.3. The topological polar surface area (TPSA) is 25.8 Å². The van der Waals surface area contributed by atoms with Crippen molar-refractivity contribution in [2.45, 2.75) is 46.3 Å². The standard InChI is InChI=1S/C27H22NS.C14H16NSi.Ir/c1-17(2)24-15-25(28-16-18(24)3)23-11-7-10-22-21-13-12-20(14-26(21)29-27(22)23)19-8-5-4-6-9-19;1-16(2,3)13-9-10-14(15-11-13)12-7-5-4-6-8-12;/h4-10,12-17H,1-3H3;4-7,9-11H,1-3H3;/q2*-1;. The quantitative estimate of drug-likeness (QED) is 0.128. The molecule has 0 fully saturated rings. The van der Waals surface area contributed by atoms with Gasteiger partial charge in [-0.25, -0.2) is 0 Å². The molecule has 7 rings (SSSR count). The summed E-state index contributed by atoms with van der Waals surface area (Å²) in [7, 11) is -1.23. The van der Waals surface area contributed by atoms with Crippen molar-refractivity contribution in [3.63, 3.8) is 0 Å². The first-order valence-electron chi connectivity index (χ1n) is 15.5. The van der Waals surface area contributed by atoms with Crippen LogP contribution >= 0.6 is 11.3 Å². The number of thiophene rings is 1. The Bertz CT molecular complexity index is 2060. The number of hydrogen-bond donors (Lipinski definition) is 0. The average Bonchev–Trinajstić information content (AvgIpc) is 3.44. The third-order valence-corrected chi connectivity index (χ3v) is 11.4. The van der Waals surface area contributed by atoms with Gasteiger partial charge in [-0.2, -0.15) is 11.3 Å². The van der Waals surface area contributed by atoms with E-state index in [4.69, 9.17) is 4.98 Å². The van der Waals surface area contributed by atoms with E-state index in [1.807, 2.05) is 54.1 Å². The van der Waals surface area contributed by atoms with Crippen molar-refractivity contribution in [1.82, 2.24) is 9.97 Å². The van der Waals surface area contributed by atoms with Gasteiger partial charge in [0.05, 0.1) is 8.07 Å². The molecule has 7 aromatic rings. The summed E-state index contributed by atoms with van der Waals surface area (Å²) in [6, 6.07) is 42.7. The van der Waals surface area contributed by atoms with Gasteiger partial charge in [0.1, 0.15) is 0 Å². The summed E-state index contributed by atoms with van der Waals surface area (Å²) in [4.78, 5) is 9.27. The van der Waals surface area contributed by atoms with E-state index in [0.717, 1.165) is 22.5 Å². The van der Waals surface area contributed by atoms with Crippen LogP contribution in [0.3, 0.4) is 0 Å². The van der Waals surface area contributed by atoms with Crippen LogP contribution in [-0.2, 0) is 20.1 Å². The summed E-state index contributed by atoms with van der Waals surface area (Å²) in [5.41, 5.74) is 9.29. The minimum Gasteiger partial charge on any atom is -0.305 e. The first kappa shape index (κ1) is 33.6. The molecule has 0 amide bonds. The molecule has 0 unspecified atom stereocenters. The smallest absolute Gasteiger partial charge is 0.0795 e. The second-order valence-corrected chi connectivity index (χ2v) is 18.9. The molecular formula is C41H38IrN2SSi-2. The van der Waals surface area contributed by atoms with Gasteiger partial charge in [-0.15, -0.1) is 59.7 Å². The van der Waals surface area contributed by atoms with Crippen LogP contribution in [0.25, 0.3) is 53.8 Å². The molecule has 0 bridgehead atoms. The third kappa shape index (κ3) is 7.29. The molecule has 0 N–H and O–H groups in total. The molecule has 0 atom stereocenters. The summed E-state index contributed by atoms with van der Waals surface area (Å²) in [5, 5.41) is 3.98. The van der Waals surface area contributed by atoms with E-state index in [-0.39, 0.29) is 20.1 Å². The van der Waals surface area contributed by atoms with Crippen LogP contribution in [0.4, 0.5) is 0 Å². The second kappa shape index (κ2) is 14.4. The fourth-order valence-electron chi connectivity index (χ4n) is 5.59. The van der Waals surface area contributed by atoms with E-state index in [1.54, 1.807) is 0 Å². The first-order chi connectivity index (χ1) is 21.7. The number of aryl methyl sites for hydroxylation is 1. The Labute approximate surface area is 292 Å². The molecule has 0 aliphatic carbocycles. The minimum atomic E-state index is -1.23. The van der Waals surface area contributed by atoms with Crippen LogP contribution in [0.2, 0.25) is 19.6 Å². The number of benzene rings is 4. The molecule has 3 heterocycles. The average molecular weight is 811 g/mol. The van der Waals surface area contributed by atoms with Gasteiger partial charge in [0.15, 0.2) is 0 Å². The molecule has 4 aromatic carbocycles. The van der Waals surface area contributed by atoms with Crippen LogP contribution < -0.4 is 5.19 Å². The van der Waals surface area contributed by atoms with Gasteiger partial charge in [0.25, 0.3) is 0 Å². The Morgan fingerprint density at radius 1 is 0.696 bits per heavy atom. The zero-order valence-corrected chi connectivity index (χ0v) is 31.4. The molecule has 0 saturated carbocycles. The van der Waals surface area contributed by atoms with Gasteiger partial charge in [0, 0.05) is 37.2 Å². The maximum atomic E-state index is 4.75. The summed E-state index contributed by atoms with van der Waals surface area (Å²) >= 11 is 1.84. The monoisotopic (exact) mass is 811 g/mol. The van der Waals surface area contributed by atoms with E-state index in [0.29, 0.717) is 5.92 Å². The van der Waals surface area contributed by atoms with Crippen molar-refractivity contribution in [3.05, 3.63) is 139 Å². The fourth-order valence-corrected chi connectivity index (χ4v) is 7.87. The largest absolute Gasteiger partial charge is 0.305 e. The Balaban J connectivity index is 0.000000209. The van der Waals surface area contributed by atoms with Crippen LogP contribution in [0.1, 0.15) is 30.9 Å². The van der Waals surface area contributed by atoms with E-state index in [2.05, 4.69) is 130 Å². The van der Waals surface area contributed by atoms with Crippen LogP contribution in [0.5, 0.6) is 0 Å². The maximum Gasteiger partial charge on any atom is 0.0795 e. The molecule has 2 nitrogen and oxygen atoms in total. The third-order valence-electron chi connectivity index (χ3n) is 8.18.